The number of amides is 1. The van der Waals surface area contributed by atoms with E-state index in [0.29, 0.717) is 15.6 Å². The highest BCUT2D eigenvalue weighted by Crippen LogP contribution is 2.26. The normalized spacial score (nSPS) is 11.9. The Labute approximate surface area is 127 Å². The van der Waals surface area contributed by atoms with E-state index in [-0.39, 0.29) is 0 Å². The molecule has 1 unspecified atom stereocenters. The van der Waals surface area contributed by atoms with E-state index < -0.39 is 11.9 Å². The van der Waals surface area contributed by atoms with Crippen LogP contribution in [-0.4, -0.2) is 5.91 Å². The Bertz CT molecular complexity index is 606. The zero-order chi connectivity index (χ0) is 14.7. The third-order valence-electron chi connectivity index (χ3n) is 2.87. The number of benzene rings is 2. The van der Waals surface area contributed by atoms with Crippen LogP contribution < -0.4 is 11.1 Å². The standard InChI is InChI=1S/C15H14Cl2N2O/c1-9-2-4-13(5-3-9)19-14(15(18)20)10-6-11(16)8-12(17)7-10/h2-8,14,19H,1H3,(H2,18,20). The summed E-state index contributed by atoms with van der Waals surface area (Å²) in [6, 6.07) is 11.9. The lowest BCUT2D eigenvalue weighted by atomic mass is 10.1. The molecule has 0 radical (unpaired) electrons. The van der Waals surface area contributed by atoms with Gasteiger partial charge in [-0.15, -0.1) is 0 Å². The van der Waals surface area contributed by atoms with Gasteiger partial charge in [-0.2, -0.15) is 0 Å². The molecule has 2 aromatic carbocycles. The summed E-state index contributed by atoms with van der Waals surface area (Å²) in [6.07, 6.45) is 0. The van der Waals surface area contributed by atoms with E-state index in [1.54, 1.807) is 18.2 Å². The van der Waals surface area contributed by atoms with Gasteiger partial charge >= 0.3 is 0 Å². The molecule has 0 saturated carbocycles. The monoisotopic (exact) mass is 308 g/mol. The van der Waals surface area contributed by atoms with Gasteiger partial charge in [0.05, 0.1) is 0 Å². The summed E-state index contributed by atoms with van der Waals surface area (Å²) < 4.78 is 0. The first-order valence-electron chi connectivity index (χ1n) is 6.04. The highest BCUT2D eigenvalue weighted by atomic mass is 35.5. The first kappa shape index (κ1) is 14.7. The number of hydrogen-bond donors (Lipinski definition) is 2. The fourth-order valence-corrected chi connectivity index (χ4v) is 2.42. The molecule has 0 spiro atoms. The summed E-state index contributed by atoms with van der Waals surface area (Å²) >= 11 is 11.9. The van der Waals surface area contributed by atoms with E-state index in [0.717, 1.165) is 11.3 Å². The smallest absolute Gasteiger partial charge is 0.244 e. The fourth-order valence-electron chi connectivity index (χ4n) is 1.88. The first-order chi connectivity index (χ1) is 9.45. The lowest BCUT2D eigenvalue weighted by molar-refractivity contribution is -0.118. The molecule has 3 nitrogen and oxygen atoms in total. The second-order valence-corrected chi connectivity index (χ2v) is 5.42. The van der Waals surface area contributed by atoms with E-state index in [9.17, 15) is 4.79 Å². The minimum atomic E-state index is -0.686. The topological polar surface area (TPSA) is 55.1 Å². The van der Waals surface area contributed by atoms with Gasteiger partial charge in [0, 0.05) is 15.7 Å². The van der Waals surface area contributed by atoms with Crippen LogP contribution in [0.2, 0.25) is 10.0 Å². The Morgan fingerprint density at radius 2 is 1.65 bits per heavy atom. The molecule has 0 fully saturated rings. The molecule has 0 aromatic heterocycles. The van der Waals surface area contributed by atoms with Crippen molar-refractivity contribution in [2.24, 2.45) is 5.73 Å². The van der Waals surface area contributed by atoms with Crippen LogP contribution in [0.4, 0.5) is 5.69 Å². The fraction of sp³-hybridized carbons (Fsp3) is 0.133. The maximum atomic E-state index is 11.7. The van der Waals surface area contributed by atoms with Crippen molar-refractivity contribution in [3.05, 3.63) is 63.6 Å². The molecule has 20 heavy (non-hydrogen) atoms. The summed E-state index contributed by atoms with van der Waals surface area (Å²) in [5.74, 6) is -0.496. The number of hydrogen-bond acceptors (Lipinski definition) is 2. The van der Waals surface area contributed by atoms with Crippen LogP contribution in [0.25, 0.3) is 0 Å². The Morgan fingerprint density at radius 1 is 1.10 bits per heavy atom. The van der Waals surface area contributed by atoms with Crippen molar-refractivity contribution in [1.82, 2.24) is 0 Å². The summed E-state index contributed by atoms with van der Waals surface area (Å²) in [6.45, 7) is 1.99. The molecule has 0 saturated heterocycles. The van der Waals surface area contributed by atoms with Gasteiger partial charge in [0.1, 0.15) is 6.04 Å². The minimum Gasteiger partial charge on any atom is -0.370 e. The van der Waals surface area contributed by atoms with Crippen molar-refractivity contribution in [1.29, 1.82) is 0 Å². The van der Waals surface area contributed by atoms with Crippen molar-refractivity contribution >= 4 is 34.8 Å². The van der Waals surface area contributed by atoms with Gasteiger partial charge in [-0.1, -0.05) is 40.9 Å². The molecular formula is C15H14Cl2N2O. The molecule has 0 aliphatic rings. The number of rotatable bonds is 4. The predicted molar refractivity (Wildman–Crippen MR) is 83.2 cm³/mol. The van der Waals surface area contributed by atoms with Gasteiger partial charge in [0.25, 0.3) is 0 Å². The second-order valence-electron chi connectivity index (χ2n) is 4.55. The molecule has 2 rings (SSSR count). The average molecular weight is 309 g/mol. The van der Waals surface area contributed by atoms with Gasteiger partial charge in [-0.05, 0) is 42.8 Å². The molecule has 0 aliphatic heterocycles. The van der Waals surface area contributed by atoms with Crippen molar-refractivity contribution in [3.8, 4) is 0 Å². The highest BCUT2D eigenvalue weighted by Gasteiger charge is 2.18. The quantitative estimate of drug-likeness (QED) is 0.899. The molecule has 104 valence electrons. The SMILES string of the molecule is Cc1ccc(NC(C(N)=O)c2cc(Cl)cc(Cl)c2)cc1. The number of primary amides is 1. The van der Waals surface area contributed by atoms with Gasteiger partial charge < -0.3 is 11.1 Å². The van der Waals surface area contributed by atoms with E-state index >= 15 is 0 Å². The maximum absolute atomic E-state index is 11.7. The van der Waals surface area contributed by atoms with Crippen LogP contribution >= 0.6 is 23.2 Å². The summed E-state index contributed by atoms with van der Waals surface area (Å²) in [7, 11) is 0. The Kier molecular flexibility index (Phi) is 4.53. The van der Waals surface area contributed by atoms with Gasteiger partial charge in [0.15, 0.2) is 0 Å². The molecule has 1 amide bonds. The number of nitrogens with two attached hydrogens (primary N) is 1. The van der Waals surface area contributed by atoms with Crippen molar-refractivity contribution in [2.45, 2.75) is 13.0 Å². The summed E-state index contributed by atoms with van der Waals surface area (Å²) in [5, 5.41) is 4.01. The molecular weight excluding hydrogens is 295 g/mol. The van der Waals surface area contributed by atoms with E-state index in [2.05, 4.69) is 5.32 Å². The highest BCUT2D eigenvalue weighted by molar-refractivity contribution is 6.34. The van der Waals surface area contributed by atoms with Gasteiger partial charge in [-0.25, -0.2) is 0 Å². The van der Waals surface area contributed by atoms with Crippen LogP contribution in [0.5, 0.6) is 0 Å². The number of carbonyl (C=O) groups is 1. The van der Waals surface area contributed by atoms with E-state index in [1.165, 1.54) is 0 Å². The number of carbonyl (C=O) groups excluding carboxylic acids is 1. The third kappa shape index (κ3) is 3.65. The Hall–Kier alpha value is -1.71. The molecule has 0 bridgehead atoms. The molecule has 3 N–H and O–H groups in total. The largest absolute Gasteiger partial charge is 0.370 e. The molecule has 2 aromatic rings. The Balaban J connectivity index is 2.31. The molecule has 1 atom stereocenters. The number of halogens is 2. The molecule has 5 heteroatoms. The van der Waals surface area contributed by atoms with Crippen molar-refractivity contribution < 1.29 is 4.79 Å². The lowest BCUT2D eigenvalue weighted by Gasteiger charge is -2.18. The van der Waals surface area contributed by atoms with Crippen LogP contribution in [0, 0.1) is 6.92 Å². The number of anilines is 1. The van der Waals surface area contributed by atoms with Crippen LogP contribution in [-0.2, 0) is 4.79 Å². The minimum absolute atomic E-state index is 0.462. The van der Waals surface area contributed by atoms with Crippen LogP contribution in [0.15, 0.2) is 42.5 Å². The van der Waals surface area contributed by atoms with Crippen molar-refractivity contribution in [2.75, 3.05) is 5.32 Å². The van der Waals surface area contributed by atoms with Gasteiger partial charge in [0.2, 0.25) is 5.91 Å². The lowest BCUT2D eigenvalue weighted by Crippen LogP contribution is -2.27. The zero-order valence-corrected chi connectivity index (χ0v) is 12.4. The second kappa shape index (κ2) is 6.16. The average Bonchev–Trinajstić information content (AvgIpc) is 2.36. The van der Waals surface area contributed by atoms with E-state index in [4.69, 9.17) is 28.9 Å². The van der Waals surface area contributed by atoms with Crippen molar-refractivity contribution in [3.63, 3.8) is 0 Å². The summed E-state index contributed by atoms with van der Waals surface area (Å²) in [4.78, 5) is 11.7. The zero-order valence-electron chi connectivity index (χ0n) is 10.9. The number of nitrogens with one attached hydrogen (secondary N) is 1. The number of aryl methyl sites for hydroxylation is 1. The van der Waals surface area contributed by atoms with E-state index in [1.807, 2.05) is 31.2 Å². The first-order valence-corrected chi connectivity index (χ1v) is 6.80. The molecule has 0 aliphatic carbocycles. The predicted octanol–water partition coefficient (Wildman–Crippen LogP) is 3.94. The van der Waals surface area contributed by atoms with Crippen LogP contribution in [0.1, 0.15) is 17.2 Å². The third-order valence-corrected chi connectivity index (χ3v) is 3.30. The Morgan fingerprint density at radius 3 is 2.15 bits per heavy atom. The maximum Gasteiger partial charge on any atom is 0.244 e. The summed E-state index contributed by atoms with van der Waals surface area (Å²) in [5.41, 5.74) is 8.03. The van der Waals surface area contributed by atoms with Crippen LogP contribution in [0.3, 0.4) is 0 Å². The molecule has 0 heterocycles. The van der Waals surface area contributed by atoms with Gasteiger partial charge in [-0.3, -0.25) is 4.79 Å².